The minimum absolute atomic E-state index is 0.141. The molecule has 164 valence electrons. The van der Waals surface area contributed by atoms with E-state index in [-0.39, 0.29) is 45.1 Å². The third-order valence-electron chi connectivity index (χ3n) is 4.14. The molecule has 0 amide bonds. The summed E-state index contributed by atoms with van der Waals surface area (Å²) in [5.41, 5.74) is -2.82. The molecule has 1 aromatic heterocycles. The maximum Gasteiger partial charge on any atom is 0.336 e. The Morgan fingerprint density at radius 1 is 0.931 bits per heavy atom. The van der Waals surface area contributed by atoms with E-state index < -0.39 is 35.1 Å². The van der Waals surface area contributed by atoms with E-state index in [0.29, 0.717) is 15.6 Å². The van der Waals surface area contributed by atoms with E-state index in [1.807, 2.05) is 11.9 Å². The van der Waals surface area contributed by atoms with Crippen LogP contribution in [0.25, 0.3) is 0 Å². The number of H-pyrrole nitrogens is 1. The van der Waals surface area contributed by atoms with Crippen LogP contribution in [-0.4, -0.2) is 50.0 Å². The van der Waals surface area contributed by atoms with Crippen molar-refractivity contribution < 1.29 is 24.2 Å². The average molecular weight is 415 g/mol. The number of rotatable bonds is 12. The van der Waals surface area contributed by atoms with Crippen LogP contribution in [-0.2, 0) is 32.2 Å². The lowest BCUT2D eigenvalue weighted by Crippen LogP contribution is -2.50. The van der Waals surface area contributed by atoms with Crippen LogP contribution in [0.1, 0.15) is 52.9 Å². The number of hydrogen-bond acceptors (Lipinski definition) is 8. The Hall–Kier alpha value is -2.69. The fourth-order valence-electron chi connectivity index (χ4n) is 2.62. The lowest BCUT2D eigenvalue weighted by atomic mass is 10.2. The third kappa shape index (κ3) is 8.06. The van der Waals surface area contributed by atoms with Crippen LogP contribution in [0.4, 0.5) is 0 Å². The van der Waals surface area contributed by atoms with Gasteiger partial charge < -0.3 is 14.6 Å². The smallest absolute Gasteiger partial charge is 0.336 e. The Bertz CT molecular complexity index is 789. The van der Waals surface area contributed by atoms with E-state index in [0.717, 1.165) is 6.42 Å². The summed E-state index contributed by atoms with van der Waals surface area (Å²) < 4.78 is 11.6. The van der Waals surface area contributed by atoms with E-state index in [1.165, 1.54) is 0 Å². The lowest BCUT2D eigenvalue weighted by Gasteiger charge is -2.13. The SMILES string of the molecule is CCCC(C)OC(=O)CCn1c(=O)[nH]c(=O)n(CCC(=O)OC(C)CCO)c1=O. The highest BCUT2D eigenvalue weighted by molar-refractivity contribution is 5.69. The first-order valence-electron chi connectivity index (χ1n) is 9.63. The molecule has 0 aliphatic heterocycles. The van der Waals surface area contributed by atoms with E-state index in [9.17, 15) is 24.0 Å². The minimum atomic E-state index is -0.952. The fraction of sp³-hybridized carbons (Fsp3) is 0.722. The summed E-state index contributed by atoms with van der Waals surface area (Å²) in [7, 11) is 0. The van der Waals surface area contributed by atoms with Crippen molar-refractivity contribution in [2.24, 2.45) is 0 Å². The Balaban J connectivity index is 2.81. The monoisotopic (exact) mass is 415 g/mol. The first-order valence-corrected chi connectivity index (χ1v) is 9.63. The number of aliphatic hydroxyl groups excluding tert-OH is 1. The molecule has 2 atom stereocenters. The summed E-state index contributed by atoms with van der Waals surface area (Å²) in [5.74, 6) is -1.21. The van der Waals surface area contributed by atoms with Crippen LogP contribution in [0.5, 0.6) is 0 Å². The van der Waals surface area contributed by atoms with Gasteiger partial charge >= 0.3 is 29.0 Å². The summed E-state index contributed by atoms with van der Waals surface area (Å²) >= 11 is 0. The highest BCUT2D eigenvalue weighted by atomic mass is 16.5. The van der Waals surface area contributed by atoms with Gasteiger partial charge in [-0.25, -0.2) is 23.5 Å². The molecule has 1 rings (SSSR count). The number of esters is 2. The number of nitrogens with zero attached hydrogens (tertiary/aromatic N) is 2. The average Bonchev–Trinajstić information content (AvgIpc) is 2.61. The van der Waals surface area contributed by atoms with Crippen LogP contribution in [0.2, 0.25) is 0 Å². The molecule has 0 bridgehead atoms. The van der Waals surface area contributed by atoms with Crippen LogP contribution >= 0.6 is 0 Å². The summed E-state index contributed by atoms with van der Waals surface area (Å²) in [4.78, 5) is 61.9. The Labute approximate surface area is 167 Å². The maximum atomic E-state index is 12.5. The fourth-order valence-corrected chi connectivity index (χ4v) is 2.62. The highest BCUT2D eigenvalue weighted by Gasteiger charge is 2.15. The topological polar surface area (TPSA) is 150 Å². The molecule has 2 N–H and O–H groups in total. The Morgan fingerprint density at radius 2 is 1.38 bits per heavy atom. The number of carbonyl (C=O) groups excluding carboxylic acids is 2. The van der Waals surface area contributed by atoms with Crippen molar-refractivity contribution in [2.45, 2.75) is 78.2 Å². The summed E-state index contributed by atoms with van der Waals surface area (Å²) in [6.07, 6.45) is 0.561. The molecule has 0 radical (unpaired) electrons. The second kappa shape index (κ2) is 12.0. The van der Waals surface area contributed by atoms with Crippen molar-refractivity contribution in [3.8, 4) is 0 Å². The molecule has 0 fully saturated rings. The van der Waals surface area contributed by atoms with Crippen molar-refractivity contribution in [1.82, 2.24) is 14.1 Å². The van der Waals surface area contributed by atoms with Gasteiger partial charge in [-0.2, -0.15) is 0 Å². The Kier molecular flexibility index (Phi) is 10.1. The van der Waals surface area contributed by atoms with Crippen molar-refractivity contribution in [3.63, 3.8) is 0 Å². The predicted molar refractivity (Wildman–Crippen MR) is 103 cm³/mol. The molecular formula is C18H29N3O8. The van der Waals surface area contributed by atoms with Crippen molar-refractivity contribution >= 4 is 11.9 Å². The number of aliphatic hydroxyl groups is 1. The summed E-state index contributed by atoms with van der Waals surface area (Å²) in [6, 6.07) is 0. The largest absolute Gasteiger partial charge is 0.463 e. The third-order valence-corrected chi connectivity index (χ3v) is 4.14. The van der Waals surface area contributed by atoms with Crippen LogP contribution in [0.3, 0.4) is 0 Å². The molecule has 11 heteroatoms. The molecule has 0 spiro atoms. The molecule has 11 nitrogen and oxygen atoms in total. The maximum absolute atomic E-state index is 12.5. The van der Waals surface area contributed by atoms with Crippen molar-refractivity contribution in [2.75, 3.05) is 6.61 Å². The van der Waals surface area contributed by atoms with Gasteiger partial charge in [-0.05, 0) is 20.3 Å². The molecule has 1 heterocycles. The molecule has 0 aromatic carbocycles. The highest BCUT2D eigenvalue weighted by Crippen LogP contribution is 2.03. The predicted octanol–water partition coefficient (Wildman–Crippen LogP) is -0.476. The molecule has 0 saturated carbocycles. The molecular weight excluding hydrogens is 386 g/mol. The van der Waals surface area contributed by atoms with Gasteiger partial charge in [-0.1, -0.05) is 13.3 Å². The van der Waals surface area contributed by atoms with E-state index in [2.05, 4.69) is 0 Å². The minimum Gasteiger partial charge on any atom is -0.463 e. The first-order chi connectivity index (χ1) is 13.7. The molecule has 2 unspecified atom stereocenters. The second-order valence-electron chi connectivity index (χ2n) is 6.72. The molecule has 0 aliphatic carbocycles. The first kappa shape index (κ1) is 24.3. The van der Waals surface area contributed by atoms with Crippen LogP contribution in [0.15, 0.2) is 14.4 Å². The molecule has 1 aromatic rings. The van der Waals surface area contributed by atoms with Gasteiger partial charge in [0.1, 0.15) is 6.10 Å². The van der Waals surface area contributed by atoms with E-state index in [1.54, 1.807) is 13.8 Å². The van der Waals surface area contributed by atoms with Gasteiger partial charge in [0.25, 0.3) is 0 Å². The van der Waals surface area contributed by atoms with E-state index in [4.69, 9.17) is 14.6 Å². The van der Waals surface area contributed by atoms with Gasteiger partial charge in [0.2, 0.25) is 0 Å². The standard InChI is InChI=1S/C18H29N3O8/c1-4-5-12(2)28-14(23)6-9-20-16(25)19-17(26)21(18(20)27)10-7-15(24)29-13(3)8-11-22/h12-13,22H,4-11H2,1-3H3,(H,19,25,26). The number of aromatic amines is 1. The van der Waals surface area contributed by atoms with Gasteiger partial charge in [-0.3, -0.25) is 14.6 Å². The van der Waals surface area contributed by atoms with E-state index >= 15 is 0 Å². The van der Waals surface area contributed by atoms with Crippen molar-refractivity contribution in [1.29, 1.82) is 0 Å². The second-order valence-corrected chi connectivity index (χ2v) is 6.72. The number of carbonyl (C=O) groups is 2. The summed E-state index contributed by atoms with van der Waals surface area (Å²) in [5, 5.41) is 8.80. The molecule has 0 saturated heterocycles. The summed E-state index contributed by atoms with van der Waals surface area (Å²) in [6.45, 7) is 4.62. The Morgan fingerprint density at radius 3 is 1.79 bits per heavy atom. The number of ether oxygens (including phenoxy) is 2. The number of hydrogen-bond donors (Lipinski definition) is 2. The molecule has 29 heavy (non-hydrogen) atoms. The van der Waals surface area contributed by atoms with Gasteiger partial charge in [0.05, 0.1) is 18.9 Å². The van der Waals surface area contributed by atoms with Gasteiger partial charge in [-0.15, -0.1) is 0 Å². The van der Waals surface area contributed by atoms with Crippen LogP contribution in [0, 0.1) is 0 Å². The zero-order valence-electron chi connectivity index (χ0n) is 17.0. The zero-order chi connectivity index (χ0) is 22.0. The van der Waals surface area contributed by atoms with Gasteiger partial charge in [0, 0.05) is 26.1 Å². The molecule has 0 aliphatic rings. The zero-order valence-corrected chi connectivity index (χ0v) is 17.0. The number of nitrogens with one attached hydrogen (secondary N) is 1. The lowest BCUT2D eigenvalue weighted by molar-refractivity contribution is -0.149. The normalized spacial score (nSPS) is 13.0. The van der Waals surface area contributed by atoms with Crippen LogP contribution < -0.4 is 17.1 Å². The number of aromatic nitrogens is 3. The van der Waals surface area contributed by atoms with Gasteiger partial charge in [0.15, 0.2) is 0 Å². The quantitative estimate of drug-likeness (QED) is 0.435. The van der Waals surface area contributed by atoms with Crippen molar-refractivity contribution in [3.05, 3.63) is 31.5 Å².